The van der Waals surface area contributed by atoms with E-state index in [1.54, 1.807) is 6.92 Å². The van der Waals surface area contributed by atoms with E-state index in [2.05, 4.69) is 15.9 Å². The zero-order chi connectivity index (χ0) is 10.2. The molecule has 0 aliphatic rings. The first-order valence-corrected chi connectivity index (χ1v) is 4.44. The van der Waals surface area contributed by atoms with E-state index in [1.165, 1.54) is 6.07 Å². The minimum atomic E-state index is -0.689. The van der Waals surface area contributed by atoms with Crippen LogP contribution in [0, 0.1) is 17.0 Å². The van der Waals surface area contributed by atoms with Crippen molar-refractivity contribution in [1.29, 1.82) is 0 Å². The lowest BCUT2D eigenvalue weighted by atomic mass is 10.2. The van der Waals surface area contributed by atoms with Crippen LogP contribution in [0.25, 0.3) is 0 Å². The van der Waals surface area contributed by atoms with Gasteiger partial charge in [0.15, 0.2) is 0 Å². The molecule has 4 nitrogen and oxygen atoms in total. The molecule has 0 spiro atoms. The van der Waals surface area contributed by atoms with Crippen LogP contribution in [0.2, 0.25) is 5.02 Å². The summed E-state index contributed by atoms with van der Waals surface area (Å²) in [7, 11) is 0. The molecule has 1 N–H and O–H groups in total. The number of benzene rings is 1. The SMILES string of the molecule is Cc1c(Br)cc([N+](=O)[O-])c(O)c1Cl. The molecule has 0 aliphatic heterocycles. The summed E-state index contributed by atoms with van der Waals surface area (Å²) in [6.45, 7) is 1.65. The number of phenols is 1. The van der Waals surface area contributed by atoms with Crippen LogP contribution in [-0.2, 0) is 0 Å². The average Bonchev–Trinajstić information content (AvgIpc) is 2.07. The molecule has 0 fully saturated rings. The number of rotatable bonds is 1. The van der Waals surface area contributed by atoms with Crippen molar-refractivity contribution < 1.29 is 10.0 Å². The van der Waals surface area contributed by atoms with Crippen molar-refractivity contribution in [2.24, 2.45) is 0 Å². The van der Waals surface area contributed by atoms with Crippen LogP contribution < -0.4 is 0 Å². The second-order valence-corrected chi connectivity index (χ2v) is 3.65. The number of aromatic hydroxyl groups is 1. The van der Waals surface area contributed by atoms with Gasteiger partial charge >= 0.3 is 5.69 Å². The predicted molar refractivity (Wildman–Crippen MR) is 52.2 cm³/mol. The Morgan fingerprint density at radius 1 is 1.69 bits per heavy atom. The third-order valence-corrected chi connectivity index (χ3v) is 2.88. The summed E-state index contributed by atoms with van der Waals surface area (Å²) in [6.07, 6.45) is 0. The van der Waals surface area contributed by atoms with Gasteiger partial charge in [-0.15, -0.1) is 0 Å². The van der Waals surface area contributed by atoms with E-state index in [0.717, 1.165) is 0 Å². The molecule has 1 aromatic carbocycles. The summed E-state index contributed by atoms with van der Waals surface area (Å²) >= 11 is 8.75. The molecule has 1 rings (SSSR count). The summed E-state index contributed by atoms with van der Waals surface area (Å²) in [4.78, 5) is 9.71. The molecule has 0 saturated heterocycles. The first-order chi connectivity index (χ1) is 5.95. The molecular weight excluding hydrogens is 261 g/mol. The van der Waals surface area contributed by atoms with Gasteiger partial charge in [0.05, 0.1) is 9.95 Å². The third-order valence-electron chi connectivity index (χ3n) is 1.60. The molecule has 6 heteroatoms. The number of hydrogen-bond acceptors (Lipinski definition) is 3. The standard InChI is InChI=1S/C7H5BrClNO3/c1-3-4(8)2-5(10(12)13)7(11)6(3)9/h2,11H,1H3. The number of hydrogen-bond donors (Lipinski definition) is 1. The van der Waals surface area contributed by atoms with Crippen molar-refractivity contribution >= 4 is 33.2 Å². The molecule has 1 aromatic rings. The molecule has 0 unspecified atom stereocenters. The normalized spacial score (nSPS) is 10.1. The Bertz CT molecular complexity index is 380. The highest BCUT2D eigenvalue weighted by Gasteiger charge is 2.20. The highest BCUT2D eigenvalue weighted by Crippen LogP contribution is 2.39. The van der Waals surface area contributed by atoms with Crippen molar-refractivity contribution in [2.75, 3.05) is 0 Å². The van der Waals surface area contributed by atoms with E-state index >= 15 is 0 Å². The molecule has 0 saturated carbocycles. The molecule has 0 atom stereocenters. The van der Waals surface area contributed by atoms with Crippen molar-refractivity contribution in [2.45, 2.75) is 6.92 Å². The summed E-state index contributed by atoms with van der Waals surface area (Å²) in [5, 5.41) is 19.7. The summed E-state index contributed by atoms with van der Waals surface area (Å²) in [5.41, 5.74) is 0.173. The van der Waals surface area contributed by atoms with Gasteiger partial charge in [0.25, 0.3) is 0 Å². The molecule has 0 bridgehead atoms. The van der Waals surface area contributed by atoms with Gasteiger partial charge < -0.3 is 5.11 Å². The van der Waals surface area contributed by atoms with Gasteiger partial charge in [-0.1, -0.05) is 27.5 Å². The average molecular weight is 266 g/mol. The van der Waals surface area contributed by atoms with Crippen LogP contribution >= 0.6 is 27.5 Å². The Morgan fingerprint density at radius 3 is 2.69 bits per heavy atom. The van der Waals surface area contributed by atoms with Crippen molar-refractivity contribution in [3.05, 3.63) is 31.2 Å². The number of nitro groups is 1. The van der Waals surface area contributed by atoms with Crippen molar-refractivity contribution in [3.63, 3.8) is 0 Å². The van der Waals surface area contributed by atoms with Crippen molar-refractivity contribution in [3.8, 4) is 5.75 Å². The highest BCUT2D eigenvalue weighted by atomic mass is 79.9. The molecular formula is C7H5BrClNO3. The fraction of sp³-hybridized carbons (Fsp3) is 0.143. The summed E-state index contributed by atoms with van der Waals surface area (Å²) in [6, 6.07) is 1.22. The maximum Gasteiger partial charge on any atom is 0.313 e. The summed E-state index contributed by atoms with van der Waals surface area (Å²) in [5.74, 6) is -0.493. The highest BCUT2D eigenvalue weighted by molar-refractivity contribution is 9.10. The van der Waals surface area contributed by atoms with Crippen LogP contribution in [-0.4, -0.2) is 10.0 Å². The van der Waals surface area contributed by atoms with E-state index < -0.39 is 16.4 Å². The molecule has 0 aromatic heterocycles. The Kier molecular flexibility index (Phi) is 2.77. The van der Waals surface area contributed by atoms with E-state index in [0.29, 0.717) is 10.0 Å². The Labute approximate surface area is 87.4 Å². The topological polar surface area (TPSA) is 63.4 Å². The minimum absolute atomic E-state index is 0.000995. The van der Waals surface area contributed by atoms with Gasteiger partial charge in [-0.05, 0) is 12.5 Å². The number of phenolic OH excluding ortho intramolecular Hbond substituents is 1. The Morgan fingerprint density at radius 2 is 2.23 bits per heavy atom. The van der Waals surface area contributed by atoms with Crippen LogP contribution in [0.4, 0.5) is 5.69 Å². The quantitative estimate of drug-likeness (QED) is 0.628. The van der Waals surface area contributed by atoms with E-state index in [-0.39, 0.29) is 5.02 Å². The van der Waals surface area contributed by atoms with Crippen LogP contribution in [0.15, 0.2) is 10.5 Å². The maximum absolute atomic E-state index is 10.4. The third kappa shape index (κ3) is 1.76. The van der Waals surface area contributed by atoms with Gasteiger partial charge in [-0.2, -0.15) is 0 Å². The fourth-order valence-corrected chi connectivity index (χ4v) is 1.56. The minimum Gasteiger partial charge on any atom is -0.501 e. The van der Waals surface area contributed by atoms with Crippen LogP contribution in [0.5, 0.6) is 5.75 Å². The van der Waals surface area contributed by atoms with Crippen molar-refractivity contribution in [1.82, 2.24) is 0 Å². The monoisotopic (exact) mass is 265 g/mol. The Balaban J connectivity index is 3.50. The van der Waals surface area contributed by atoms with E-state index in [1.807, 2.05) is 0 Å². The second kappa shape index (κ2) is 3.51. The fourth-order valence-electron chi connectivity index (χ4n) is 0.831. The zero-order valence-corrected chi connectivity index (χ0v) is 8.89. The van der Waals surface area contributed by atoms with Crippen LogP contribution in [0.1, 0.15) is 5.56 Å². The van der Waals surface area contributed by atoms with Gasteiger partial charge in [0, 0.05) is 10.5 Å². The number of nitrogens with zero attached hydrogens (tertiary/aromatic N) is 1. The van der Waals surface area contributed by atoms with Gasteiger partial charge in [0.2, 0.25) is 5.75 Å². The predicted octanol–water partition coefficient (Wildman–Crippen LogP) is 3.02. The summed E-state index contributed by atoms with van der Waals surface area (Å²) < 4.78 is 0.502. The van der Waals surface area contributed by atoms with E-state index in [4.69, 9.17) is 11.6 Å². The molecule has 0 heterocycles. The van der Waals surface area contributed by atoms with Gasteiger partial charge in [0.1, 0.15) is 0 Å². The first kappa shape index (κ1) is 10.3. The lowest BCUT2D eigenvalue weighted by Crippen LogP contribution is -1.91. The Hall–Kier alpha value is -0.810. The maximum atomic E-state index is 10.4. The van der Waals surface area contributed by atoms with Gasteiger partial charge in [-0.3, -0.25) is 10.1 Å². The van der Waals surface area contributed by atoms with Gasteiger partial charge in [-0.25, -0.2) is 0 Å². The van der Waals surface area contributed by atoms with E-state index in [9.17, 15) is 15.2 Å². The lowest BCUT2D eigenvalue weighted by molar-refractivity contribution is -0.385. The number of nitro benzene ring substituents is 1. The largest absolute Gasteiger partial charge is 0.501 e. The molecule has 0 aliphatic carbocycles. The smallest absolute Gasteiger partial charge is 0.313 e. The van der Waals surface area contributed by atoms with Crippen LogP contribution in [0.3, 0.4) is 0 Å². The molecule has 0 radical (unpaired) electrons. The second-order valence-electron chi connectivity index (χ2n) is 2.42. The first-order valence-electron chi connectivity index (χ1n) is 3.27. The molecule has 0 amide bonds. The zero-order valence-electron chi connectivity index (χ0n) is 6.54. The molecule has 70 valence electrons. The number of halogens is 2. The lowest BCUT2D eigenvalue weighted by Gasteiger charge is -2.03. The molecule has 13 heavy (non-hydrogen) atoms.